The summed E-state index contributed by atoms with van der Waals surface area (Å²) >= 11 is 0. The van der Waals surface area contributed by atoms with Gasteiger partial charge in [-0.25, -0.2) is 0 Å². The van der Waals surface area contributed by atoms with Crippen molar-refractivity contribution in [3.05, 3.63) is 42.6 Å². The highest BCUT2D eigenvalue weighted by atomic mass is 15.1. The molecule has 1 aliphatic heterocycles. The largest absolute Gasteiger partial charge is 0.384 e. The summed E-state index contributed by atoms with van der Waals surface area (Å²) in [4.78, 5) is 6.99. The molecular formula is C16H25N4+. The maximum Gasteiger partial charge on any atom is 0.134 e. The number of hydrogen-bond donors (Lipinski definition) is 2. The molecule has 1 aliphatic rings. The van der Waals surface area contributed by atoms with Gasteiger partial charge in [-0.3, -0.25) is 10.3 Å². The molecule has 0 radical (unpaired) electrons. The number of quaternary nitrogens is 1. The van der Waals surface area contributed by atoms with E-state index in [2.05, 4.69) is 29.1 Å². The topological polar surface area (TPSA) is 58.2 Å². The molecule has 0 bridgehead atoms. The van der Waals surface area contributed by atoms with Crippen LogP contribution in [0.1, 0.15) is 19.3 Å². The minimum absolute atomic E-state index is 0.376. The number of nitrogens with two attached hydrogens (primary N) is 2. The van der Waals surface area contributed by atoms with Gasteiger partial charge in [0, 0.05) is 6.08 Å². The van der Waals surface area contributed by atoms with Crippen molar-refractivity contribution in [3.63, 3.8) is 0 Å². The molecule has 1 heterocycles. The van der Waals surface area contributed by atoms with Gasteiger partial charge in [-0.05, 0) is 51.5 Å². The number of rotatable bonds is 4. The minimum atomic E-state index is 0.376. The van der Waals surface area contributed by atoms with Crippen molar-refractivity contribution in [2.45, 2.75) is 25.3 Å². The van der Waals surface area contributed by atoms with Crippen molar-refractivity contribution < 1.29 is 5.32 Å². The minimum Gasteiger partial charge on any atom is -0.384 e. The fourth-order valence-corrected chi connectivity index (χ4v) is 2.43. The summed E-state index contributed by atoms with van der Waals surface area (Å²) in [5, 5.41) is 2.04. The van der Waals surface area contributed by atoms with Crippen LogP contribution in [-0.2, 0) is 0 Å². The zero-order chi connectivity index (χ0) is 14.2. The monoisotopic (exact) mass is 273 g/mol. The summed E-state index contributed by atoms with van der Waals surface area (Å²) in [5.74, 6) is 0.631. The molecule has 1 fully saturated rings. The zero-order valence-corrected chi connectivity index (χ0v) is 12.2. The fourth-order valence-electron chi connectivity index (χ4n) is 2.43. The predicted octanol–water partition coefficient (Wildman–Crippen LogP) is 1.24. The number of benzene rings is 1. The van der Waals surface area contributed by atoms with Gasteiger partial charge in [-0.1, -0.05) is 18.2 Å². The summed E-state index contributed by atoms with van der Waals surface area (Å²) in [6, 6.07) is 10.6. The molecule has 0 saturated carbocycles. The summed E-state index contributed by atoms with van der Waals surface area (Å²) in [7, 11) is 2.17. The predicted molar refractivity (Wildman–Crippen MR) is 83.9 cm³/mol. The molecule has 20 heavy (non-hydrogen) atoms. The third kappa shape index (κ3) is 5.15. The number of para-hydroxylation sites is 1. The van der Waals surface area contributed by atoms with Crippen molar-refractivity contribution >= 4 is 11.5 Å². The molecule has 0 aliphatic carbocycles. The Morgan fingerprint density at radius 3 is 2.90 bits per heavy atom. The maximum absolute atomic E-state index is 5.98. The Morgan fingerprint density at radius 2 is 2.10 bits per heavy atom. The number of nitrogens with zero attached hydrogens (tertiary/aromatic N) is 2. The summed E-state index contributed by atoms with van der Waals surface area (Å²) in [5.41, 5.74) is 7.16. The Morgan fingerprint density at radius 1 is 1.30 bits per heavy atom. The maximum atomic E-state index is 5.98. The van der Waals surface area contributed by atoms with Crippen LogP contribution in [0.5, 0.6) is 0 Å². The van der Waals surface area contributed by atoms with Crippen LogP contribution < -0.4 is 11.1 Å². The van der Waals surface area contributed by atoms with E-state index in [1.54, 1.807) is 0 Å². The fraction of sp³-hybridized carbons (Fsp3) is 0.438. The molecule has 4 nitrogen and oxygen atoms in total. The van der Waals surface area contributed by atoms with Crippen LogP contribution in [-0.4, -0.2) is 36.9 Å². The van der Waals surface area contributed by atoms with Gasteiger partial charge < -0.3 is 10.6 Å². The van der Waals surface area contributed by atoms with Gasteiger partial charge in [0.25, 0.3) is 0 Å². The van der Waals surface area contributed by atoms with E-state index in [1.807, 2.05) is 35.8 Å². The van der Waals surface area contributed by atoms with Crippen LogP contribution in [0.4, 0.5) is 5.69 Å². The Kier molecular flexibility index (Phi) is 5.77. The third-order valence-electron chi connectivity index (χ3n) is 3.61. The highest BCUT2D eigenvalue weighted by Gasteiger charge is 2.13. The Balaban J connectivity index is 1.84. The highest BCUT2D eigenvalue weighted by Crippen LogP contribution is 2.12. The van der Waals surface area contributed by atoms with Crippen molar-refractivity contribution in [2.24, 2.45) is 10.7 Å². The average Bonchev–Trinajstić information content (AvgIpc) is 2.65. The van der Waals surface area contributed by atoms with Gasteiger partial charge >= 0.3 is 0 Å². The van der Waals surface area contributed by atoms with Gasteiger partial charge in [0.1, 0.15) is 17.7 Å². The Hall–Kier alpha value is -1.65. The van der Waals surface area contributed by atoms with Crippen molar-refractivity contribution in [2.75, 3.05) is 20.1 Å². The van der Waals surface area contributed by atoms with E-state index in [0.29, 0.717) is 11.9 Å². The lowest BCUT2D eigenvalue weighted by Crippen LogP contribution is -2.71. The summed E-state index contributed by atoms with van der Waals surface area (Å²) in [6.07, 6.45) is 7.31. The lowest BCUT2D eigenvalue weighted by molar-refractivity contribution is -0.496. The van der Waals surface area contributed by atoms with Crippen LogP contribution in [0.15, 0.2) is 47.6 Å². The standard InChI is InChI=1S/C16H24N4/c1-20-12-5-8-15(10-13-20)19-16(17)9-11-18-14-6-3-2-4-7-14/h2-4,6-7,9,11,15,18H,5,8,10,12-13H2,1H3,(H2,17,19)/p+1/b11-9-. The van der Waals surface area contributed by atoms with Crippen molar-refractivity contribution in [3.8, 4) is 0 Å². The first-order valence-electron chi connectivity index (χ1n) is 7.32. The Labute approximate surface area is 121 Å². The van der Waals surface area contributed by atoms with Crippen LogP contribution in [0, 0.1) is 0 Å². The molecule has 0 spiro atoms. The first kappa shape index (κ1) is 14.8. The molecule has 4 heteroatoms. The van der Waals surface area contributed by atoms with Crippen LogP contribution >= 0.6 is 0 Å². The molecule has 1 aromatic carbocycles. The zero-order valence-electron chi connectivity index (χ0n) is 12.2. The van der Waals surface area contributed by atoms with Crippen LogP contribution in [0.2, 0.25) is 0 Å². The van der Waals surface area contributed by atoms with Crippen molar-refractivity contribution in [1.29, 1.82) is 0 Å². The van der Waals surface area contributed by atoms with Crippen molar-refractivity contribution in [1.82, 2.24) is 4.90 Å². The first-order valence-corrected chi connectivity index (χ1v) is 7.32. The highest BCUT2D eigenvalue weighted by molar-refractivity contribution is 5.91. The molecule has 0 aromatic heterocycles. The molecule has 1 unspecified atom stereocenters. The van der Waals surface area contributed by atoms with E-state index in [9.17, 15) is 0 Å². The van der Waals surface area contributed by atoms with E-state index < -0.39 is 0 Å². The number of hydrogen-bond acceptors (Lipinski definition) is 2. The number of aliphatic imine (C=N–C) groups is 1. The lowest BCUT2D eigenvalue weighted by atomic mass is 10.1. The van der Waals surface area contributed by atoms with Gasteiger partial charge in [0.05, 0.1) is 6.04 Å². The van der Waals surface area contributed by atoms with Crippen LogP contribution in [0.25, 0.3) is 0 Å². The molecule has 1 saturated heterocycles. The van der Waals surface area contributed by atoms with Gasteiger partial charge in [-0.2, -0.15) is 0 Å². The van der Waals surface area contributed by atoms with E-state index in [4.69, 9.17) is 5.73 Å². The van der Waals surface area contributed by atoms with Gasteiger partial charge in [0.15, 0.2) is 0 Å². The quantitative estimate of drug-likeness (QED) is 0.492. The second kappa shape index (κ2) is 7.82. The smallest absolute Gasteiger partial charge is 0.134 e. The van der Waals surface area contributed by atoms with Gasteiger partial charge in [-0.15, -0.1) is 0 Å². The summed E-state index contributed by atoms with van der Waals surface area (Å²) in [6.45, 7) is 2.28. The molecule has 2 rings (SSSR count). The molecule has 4 N–H and O–H groups in total. The normalized spacial score (nSPS) is 22.1. The van der Waals surface area contributed by atoms with E-state index in [0.717, 1.165) is 19.4 Å². The molecular weight excluding hydrogens is 248 g/mol. The van der Waals surface area contributed by atoms with E-state index in [-0.39, 0.29) is 0 Å². The SMILES string of the molecule is CN1CCCC(N=C(N)/C=C\[NH2+]c2ccccc2)CC1. The molecule has 1 atom stereocenters. The lowest BCUT2D eigenvalue weighted by Gasteiger charge is -2.11. The first-order chi connectivity index (χ1) is 9.74. The summed E-state index contributed by atoms with van der Waals surface area (Å²) < 4.78 is 0. The van der Waals surface area contributed by atoms with E-state index in [1.165, 1.54) is 18.7 Å². The van der Waals surface area contributed by atoms with Gasteiger partial charge in [0.2, 0.25) is 0 Å². The third-order valence-corrected chi connectivity index (χ3v) is 3.61. The average molecular weight is 273 g/mol. The Bertz CT molecular complexity index is 453. The molecule has 1 aromatic rings. The number of amidine groups is 1. The van der Waals surface area contributed by atoms with E-state index >= 15 is 0 Å². The molecule has 108 valence electrons. The second-order valence-electron chi connectivity index (χ2n) is 5.38. The number of likely N-dealkylation sites (tertiary alicyclic amines) is 1. The molecule has 0 amide bonds. The van der Waals surface area contributed by atoms with Crippen LogP contribution in [0.3, 0.4) is 0 Å². The second-order valence-corrected chi connectivity index (χ2v) is 5.38.